The quantitative estimate of drug-likeness (QED) is 0.649. The summed E-state index contributed by atoms with van der Waals surface area (Å²) in [6.45, 7) is 0.839. The molecule has 0 spiro atoms. The van der Waals surface area contributed by atoms with Crippen LogP contribution in [0.4, 0.5) is 5.82 Å². The summed E-state index contributed by atoms with van der Waals surface area (Å²) in [5.41, 5.74) is 7.68. The highest BCUT2D eigenvalue weighted by molar-refractivity contribution is 7.07. The van der Waals surface area contributed by atoms with Crippen molar-refractivity contribution in [3.05, 3.63) is 46.3 Å². The number of amidine groups is 1. The minimum absolute atomic E-state index is 0.0825. The average molecular weight is 272 g/mol. The lowest BCUT2D eigenvalue weighted by Crippen LogP contribution is -2.29. The van der Waals surface area contributed by atoms with Crippen LogP contribution in [0.15, 0.2) is 35.2 Å². The second-order valence-electron chi connectivity index (χ2n) is 4.78. The van der Waals surface area contributed by atoms with Gasteiger partial charge in [-0.1, -0.05) is 0 Å². The van der Waals surface area contributed by atoms with Gasteiger partial charge in [-0.25, -0.2) is 4.98 Å². The molecule has 0 aliphatic heterocycles. The molecule has 1 aliphatic rings. The summed E-state index contributed by atoms with van der Waals surface area (Å²) >= 11 is 1.71. The molecule has 98 valence electrons. The van der Waals surface area contributed by atoms with E-state index in [9.17, 15) is 0 Å². The number of anilines is 1. The summed E-state index contributed by atoms with van der Waals surface area (Å²) in [5, 5.41) is 11.9. The van der Waals surface area contributed by atoms with Crippen LogP contribution in [0.1, 0.15) is 24.0 Å². The zero-order valence-electron chi connectivity index (χ0n) is 10.5. The van der Waals surface area contributed by atoms with Crippen molar-refractivity contribution in [1.82, 2.24) is 4.98 Å². The number of nitrogen functional groups attached to an aromatic ring is 1. The molecule has 3 rings (SSSR count). The van der Waals surface area contributed by atoms with E-state index in [2.05, 4.69) is 26.7 Å². The van der Waals surface area contributed by atoms with Crippen molar-refractivity contribution in [2.24, 2.45) is 5.73 Å². The minimum atomic E-state index is 0.0825. The zero-order chi connectivity index (χ0) is 13.2. The Balaban J connectivity index is 1.94. The number of rotatable bonds is 5. The highest BCUT2D eigenvalue weighted by atomic mass is 32.1. The third-order valence-corrected chi connectivity index (χ3v) is 4.00. The molecule has 1 fully saturated rings. The Labute approximate surface area is 116 Å². The van der Waals surface area contributed by atoms with Crippen LogP contribution in [0.5, 0.6) is 0 Å². The molecule has 4 nitrogen and oxygen atoms in total. The van der Waals surface area contributed by atoms with Crippen LogP contribution in [-0.2, 0) is 6.54 Å². The molecule has 19 heavy (non-hydrogen) atoms. The van der Waals surface area contributed by atoms with Gasteiger partial charge in [0, 0.05) is 18.8 Å². The van der Waals surface area contributed by atoms with Gasteiger partial charge in [-0.3, -0.25) is 5.41 Å². The first-order valence-electron chi connectivity index (χ1n) is 6.33. The van der Waals surface area contributed by atoms with Crippen LogP contribution in [-0.4, -0.2) is 16.9 Å². The molecule has 2 heterocycles. The maximum absolute atomic E-state index is 7.69. The fourth-order valence-electron chi connectivity index (χ4n) is 2.18. The molecule has 0 aromatic carbocycles. The van der Waals surface area contributed by atoms with Crippen LogP contribution < -0.4 is 10.6 Å². The van der Waals surface area contributed by atoms with Crippen LogP contribution in [0, 0.1) is 5.41 Å². The van der Waals surface area contributed by atoms with Gasteiger partial charge < -0.3 is 10.6 Å². The van der Waals surface area contributed by atoms with E-state index in [-0.39, 0.29) is 5.84 Å². The molecule has 0 unspecified atom stereocenters. The van der Waals surface area contributed by atoms with E-state index in [0.717, 1.165) is 17.9 Å². The Hall–Kier alpha value is -1.88. The molecule has 0 amide bonds. The van der Waals surface area contributed by atoms with E-state index < -0.39 is 0 Å². The van der Waals surface area contributed by atoms with Crippen LogP contribution in [0.25, 0.3) is 0 Å². The second-order valence-corrected chi connectivity index (χ2v) is 5.56. The molecule has 0 bridgehead atoms. The van der Waals surface area contributed by atoms with Gasteiger partial charge in [0.2, 0.25) is 0 Å². The molecule has 1 saturated carbocycles. The lowest BCUT2D eigenvalue weighted by atomic mass is 10.2. The van der Waals surface area contributed by atoms with Gasteiger partial charge in [0.1, 0.15) is 11.7 Å². The highest BCUT2D eigenvalue weighted by Crippen LogP contribution is 2.33. The number of thiophene rings is 1. The maximum Gasteiger partial charge on any atom is 0.140 e. The van der Waals surface area contributed by atoms with Crippen LogP contribution in [0.2, 0.25) is 0 Å². The summed E-state index contributed by atoms with van der Waals surface area (Å²) < 4.78 is 0. The lowest BCUT2D eigenvalue weighted by molar-refractivity contribution is 0.779. The van der Waals surface area contributed by atoms with Crippen molar-refractivity contribution in [2.75, 3.05) is 4.90 Å². The zero-order valence-corrected chi connectivity index (χ0v) is 11.4. The number of pyridine rings is 1. The molecular weight excluding hydrogens is 256 g/mol. The smallest absolute Gasteiger partial charge is 0.140 e. The second kappa shape index (κ2) is 5.01. The normalized spacial score (nSPS) is 14.3. The molecule has 2 aromatic rings. The standard InChI is InChI=1S/C14H16N4S/c15-13(16)12-2-1-6-17-14(12)18(11-3-4-11)8-10-5-7-19-9-10/h1-2,5-7,9,11H,3-4,8H2,(H3,15,16). The predicted molar refractivity (Wildman–Crippen MR) is 78.8 cm³/mol. The lowest BCUT2D eigenvalue weighted by Gasteiger charge is -2.25. The van der Waals surface area contributed by atoms with E-state index in [4.69, 9.17) is 11.1 Å². The van der Waals surface area contributed by atoms with Gasteiger partial charge in [0.15, 0.2) is 0 Å². The summed E-state index contributed by atoms with van der Waals surface area (Å²) in [6.07, 6.45) is 4.15. The van der Waals surface area contributed by atoms with E-state index in [1.807, 2.05) is 12.1 Å². The molecular formula is C14H16N4S. The van der Waals surface area contributed by atoms with E-state index >= 15 is 0 Å². The van der Waals surface area contributed by atoms with E-state index in [1.54, 1.807) is 17.5 Å². The Morgan fingerprint density at radius 3 is 2.95 bits per heavy atom. The third kappa shape index (κ3) is 2.61. The van der Waals surface area contributed by atoms with Gasteiger partial charge in [-0.05, 0) is 47.4 Å². The van der Waals surface area contributed by atoms with E-state index in [1.165, 1.54) is 18.4 Å². The highest BCUT2D eigenvalue weighted by Gasteiger charge is 2.31. The van der Waals surface area contributed by atoms with Crippen molar-refractivity contribution in [3.63, 3.8) is 0 Å². The van der Waals surface area contributed by atoms with Crippen LogP contribution >= 0.6 is 11.3 Å². The van der Waals surface area contributed by atoms with Gasteiger partial charge >= 0.3 is 0 Å². The Morgan fingerprint density at radius 1 is 1.47 bits per heavy atom. The van der Waals surface area contributed by atoms with Crippen molar-refractivity contribution in [1.29, 1.82) is 5.41 Å². The van der Waals surface area contributed by atoms with Crippen molar-refractivity contribution in [3.8, 4) is 0 Å². The predicted octanol–water partition coefficient (Wildman–Crippen LogP) is 2.60. The molecule has 1 aliphatic carbocycles. The van der Waals surface area contributed by atoms with E-state index in [0.29, 0.717) is 6.04 Å². The van der Waals surface area contributed by atoms with Gasteiger partial charge in [0.25, 0.3) is 0 Å². The molecule has 2 aromatic heterocycles. The average Bonchev–Trinajstić information content (AvgIpc) is 3.13. The fraction of sp³-hybridized carbons (Fsp3) is 0.286. The van der Waals surface area contributed by atoms with Gasteiger partial charge in [-0.2, -0.15) is 11.3 Å². The summed E-state index contributed by atoms with van der Waals surface area (Å²) in [7, 11) is 0. The Morgan fingerprint density at radius 2 is 2.32 bits per heavy atom. The topological polar surface area (TPSA) is 66.0 Å². The van der Waals surface area contributed by atoms with Crippen molar-refractivity contribution in [2.45, 2.75) is 25.4 Å². The van der Waals surface area contributed by atoms with Crippen molar-refractivity contribution < 1.29 is 0 Å². The van der Waals surface area contributed by atoms with Crippen LogP contribution in [0.3, 0.4) is 0 Å². The minimum Gasteiger partial charge on any atom is -0.384 e. The summed E-state index contributed by atoms with van der Waals surface area (Å²) in [5.74, 6) is 0.919. The molecule has 5 heteroatoms. The first-order chi connectivity index (χ1) is 9.25. The first-order valence-corrected chi connectivity index (χ1v) is 7.27. The SMILES string of the molecule is N=C(N)c1cccnc1N(Cc1ccsc1)C1CC1. The molecule has 0 saturated heterocycles. The largest absolute Gasteiger partial charge is 0.384 e. The number of hydrogen-bond donors (Lipinski definition) is 2. The number of nitrogens with one attached hydrogen (secondary N) is 1. The number of hydrogen-bond acceptors (Lipinski definition) is 4. The van der Waals surface area contributed by atoms with Gasteiger partial charge in [0.05, 0.1) is 5.56 Å². The number of aromatic nitrogens is 1. The fourth-order valence-corrected chi connectivity index (χ4v) is 2.84. The first kappa shape index (κ1) is 12.2. The Kier molecular flexibility index (Phi) is 3.21. The maximum atomic E-state index is 7.69. The monoisotopic (exact) mass is 272 g/mol. The third-order valence-electron chi connectivity index (χ3n) is 3.27. The van der Waals surface area contributed by atoms with Crippen molar-refractivity contribution >= 4 is 23.0 Å². The van der Waals surface area contributed by atoms with Gasteiger partial charge in [-0.15, -0.1) is 0 Å². The summed E-state index contributed by atoms with van der Waals surface area (Å²) in [6, 6.07) is 6.37. The molecule has 0 atom stereocenters. The molecule has 0 radical (unpaired) electrons. The number of nitrogens with two attached hydrogens (primary N) is 1. The summed E-state index contributed by atoms with van der Waals surface area (Å²) in [4.78, 5) is 6.73. The Bertz CT molecular complexity index is 575. The molecule has 3 N–H and O–H groups in total. The number of nitrogens with zero attached hydrogens (tertiary/aromatic N) is 2.